The van der Waals surface area contributed by atoms with Crippen LogP contribution in [0.2, 0.25) is 0 Å². The molecule has 0 aromatic rings. The number of hydrogen-bond acceptors (Lipinski definition) is 4. The van der Waals surface area contributed by atoms with Crippen LogP contribution in [0.3, 0.4) is 0 Å². The van der Waals surface area contributed by atoms with Crippen molar-refractivity contribution >= 4 is 5.97 Å². The molecule has 0 bridgehead atoms. The number of esters is 1. The Kier molecular flexibility index (Phi) is 3.82. The average molecular weight is 226 g/mol. The third kappa shape index (κ3) is 2.95. The van der Waals surface area contributed by atoms with E-state index in [1.807, 2.05) is 13.8 Å². The van der Waals surface area contributed by atoms with Crippen LogP contribution in [-0.2, 0) is 9.53 Å². The predicted molar refractivity (Wildman–Crippen MR) is 62.2 cm³/mol. The summed E-state index contributed by atoms with van der Waals surface area (Å²) in [6.07, 6.45) is 2.56. The van der Waals surface area contributed by atoms with Crippen LogP contribution in [0.25, 0.3) is 0 Å². The maximum atomic E-state index is 11.5. The Morgan fingerprint density at radius 2 is 2.31 bits per heavy atom. The second-order valence-corrected chi connectivity index (χ2v) is 5.20. The fourth-order valence-corrected chi connectivity index (χ4v) is 2.75. The minimum atomic E-state index is -0.0892. The van der Waals surface area contributed by atoms with Crippen LogP contribution in [0.1, 0.15) is 26.7 Å². The van der Waals surface area contributed by atoms with Crippen LogP contribution in [0.15, 0.2) is 0 Å². The minimum absolute atomic E-state index is 0.00416. The molecule has 2 rings (SSSR count). The number of fused-ring (bicyclic) bond motifs is 1. The van der Waals surface area contributed by atoms with Gasteiger partial charge < -0.3 is 10.1 Å². The van der Waals surface area contributed by atoms with Gasteiger partial charge in [0.25, 0.3) is 0 Å². The van der Waals surface area contributed by atoms with E-state index in [1.165, 1.54) is 12.8 Å². The molecule has 0 amide bonds. The predicted octanol–water partition coefficient (Wildman–Crippen LogP) is 0.622. The van der Waals surface area contributed by atoms with Gasteiger partial charge in [0.05, 0.1) is 12.6 Å². The Labute approximate surface area is 97.3 Å². The van der Waals surface area contributed by atoms with Gasteiger partial charge in [0.15, 0.2) is 0 Å². The fraction of sp³-hybridized carbons (Fsp3) is 0.917. The Morgan fingerprint density at radius 3 is 3.00 bits per heavy atom. The minimum Gasteiger partial charge on any atom is -0.462 e. The third-order valence-electron chi connectivity index (χ3n) is 3.39. The lowest BCUT2D eigenvalue weighted by atomic mass is 9.94. The molecule has 92 valence electrons. The van der Waals surface area contributed by atoms with Crippen molar-refractivity contribution < 1.29 is 9.53 Å². The zero-order valence-corrected chi connectivity index (χ0v) is 10.2. The summed E-state index contributed by atoms with van der Waals surface area (Å²) in [6.45, 7) is 7.41. The maximum Gasteiger partial charge on any atom is 0.320 e. The molecule has 16 heavy (non-hydrogen) atoms. The van der Waals surface area contributed by atoms with E-state index in [0.29, 0.717) is 12.6 Å². The number of nitrogens with one attached hydrogen (secondary N) is 1. The summed E-state index contributed by atoms with van der Waals surface area (Å²) >= 11 is 0. The van der Waals surface area contributed by atoms with Gasteiger partial charge in [-0.05, 0) is 39.2 Å². The van der Waals surface area contributed by atoms with E-state index in [-0.39, 0.29) is 12.1 Å². The van der Waals surface area contributed by atoms with Crippen molar-refractivity contribution in [3.63, 3.8) is 0 Å². The van der Waals surface area contributed by atoms with Crippen LogP contribution in [0.4, 0.5) is 0 Å². The lowest BCUT2D eigenvalue weighted by molar-refractivity contribution is -0.148. The second kappa shape index (κ2) is 5.15. The van der Waals surface area contributed by atoms with Gasteiger partial charge in [-0.1, -0.05) is 0 Å². The summed E-state index contributed by atoms with van der Waals surface area (Å²) in [5.74, 6) is 0.647. The molecule has 2 aliphatic heterocycles. The zero-order valence-electron chi connectivity index (χ0n) is 10.2. The SMILES string of the molecule is CC(C)OC(=O)CN1C[C@@H]2CCCN[C@@H]2C1. The van der Waals surface area contributed by atoms with Gasteiger partial charge in [-0.25, -0.2) is 0 Å². The van der Waals surface area contributed by atoms with Crippen LogP contribution in [0, 0.1) is 5.92 Å². The molecular formula is C12H22N2O2. The van der Waals surface area contributed by atoms with E-state index in [0.717, 1.165) is 25.6 Å². The summed E-state index contributed by atoms with van der Waals surface area (Å²) in [4.78, 5) is 13.8. The number of rotatable bonds is 3. The Morgan fingerprint density at radius 1 is 1.50 bits per heavy atom. The van der Waals surface area contributed by atoms with Crippen LogP contribution < -0.4 is 5.32 Å². The molecule has 0 aliphatic carbocycles. The van der Waals surface area contributed by atoms with Crippen LogP contribution in [0.5, 0.6) is 0 Å². The smallest absolute Gasteiger partial charge is 0.320 e. The van der Waals surface area contributed by atoms with Crippen molar-refractivity contribution in [2.24, 2.45) is 5.92 Å². The molecule has 4 nitrogen and oxygen atoms in total. The summed E-state index contributed by atoms with van der Waals surface area (Å²) in [7, 11) is 0. The zero-order chi connectivity index (χ0) is 11.5. The van der Waals surface area contributed by atoms with Gasteiger partial charge in [0.1, 0.15) is 0 Å². The summed E-state index contributed by atoms with van der Waals surface area (Å²) < 4.78 is 5.16. The first-order chi connectivity index (χ1) is 7.65. The van der Waals surface area contributed by atoms with Crippen LogP contribution >= 0.6 is 0 Å². The molecule has 0 spiro atoms. The van der Waals surface area contributed by atoms with Crippen molar-refractivity contribution in [1.82, 2.24) is 10.2 Å². The molecule has 2 fully saturated rings. The van der Waals surface area contributed by atoms with Gasteiger partial charge >= 0.3 is 5.97 Å². The summed E-state index contributed by atoms with van der Waals surface area (Å²) in [6, 6.07) is 0.598. The first kappa shape index (κ1) is 11.9. The van der Waals surface area contributed by atoms with E-state index in [9.17, 15) is 4.79 Å². The Bertz CT molecular complexity index is 241. The molecule has 4 heteroatoms. The van der Waals surface area contributed by atoms with Crippen molar-refractivity contribution in [3.8, 4) is 0 Å². The highest BCUT2D eigenvalue weighted by Gasteiger charge is 2.34. The molecule has 0 saturated carbocycles. The number of carbonyl (C=O) groups excluding carboxylic acids is 1. The topological polar surface area (TPSA) is 41.6 Å². The van der Waals surface area contributed by atoms with Gasteiger partial charge in [0.2, 0.25) is 0 Å². The lowest BCUT2D eigenvalue weighted by Crippen LogP contribution is -2.41. The molecule has 2 aliphatic rings. The van der Waals surface area contributed by atoms with E-state index < -0.39 is 0 Å². The Balaban J connectivity index is 1.77. The normalized spacial score (nSPS) is 30.4. The average Bonchev–Trinajstić information content (AvgIpc) is 2.57. The number of ether oxygens (including phenoxy) is 1. The number of nitrogens with zero attached hydrogens (tertiary/aromatic N) is 1. The van der Waals surface area contributed by atoms with Crippen molar-refractivity contribution in [3.05, 3.63) is 0 Å². The highest BCUT2D eigenvalue weighted by molar-refractivity contribution is 5.71. The molecule has 0 radical (unpaired) electrons. The van der Waals surface area contributed by atoms with Gasteiger partial charge in [0, 0.05) is 19.1 Å². The van der Waals surface area contributed by atoms with E-state index in [2.05, 4.69) is 10.2 Å². The van der Waals surface area contributed by atoms with E-state index in [1.54, 1.807) is 0 Å². The molecule has 1 N–H and O–H groups in total. The lowest BCUT2D eigenvalue weighted by Gasteiger charge is -2.24. The first-order valence-corrected chi connectivity index (χ1v) is 6.30. The van der Waals surface area contributed by atoms with E-state index >= 15 is 0 Å². The van der Waals surface area contributed by atoms with Crippen molar-refractivity contribution in [2.45, 2.75) is 38.8 Å². The molecule has 0 unspecified atom stereocenters. The first-order valence-electron chi connectivity index (χ1n) is 6.30. The van der Waals surface area contributed by atoms with E-state index in [4.69, 9.17) is 4.74 Å². The van der Waals surface area contributed by atoms with Gasteiger partial charge in [-0.2, -0.15) is 0 Å². The van der Waals surface area contributed by atoms with Crippen molar-refractivity contribution in [1.29, 1.82) is 0 Å². The Hall–Kier alpha value is -0.610. The largest absolute Gasteiger partial charge is 0.462 e. The monoisotopic (exact) mass is 226 g/mol. The van der Waals surface area contributed by atoms with Gasteiger partial charge in [-0.3, -0.25) is 9.69 Å². The van der Waals surface area contributed by atoms with Gasteiger partial charge in [-0.15, -0.1) is 0 Å². The molecular weight excluding hydrogens is 204 g/mol. The number of carbonyl (C=O) groups is 1. The van der Waals surface area contributed by atoms with Crippen LogP contribution in [-0.4, -0.2) is 49.2 Å². The van der Waals surface area contributed by atoms with Crippen molar-refractivity contribution in [2.75, 3.05) is 26.2 Å². The highest BCUT2D eigenvalue weighted by atomic mass is 16.5. The number of hydrogen-bond donors (Lipinski definition) is 1. The quantitative estimate of drug-likeness (QED) is 0.716. The number of likely N-dealkylation sites (tertiary alicyclic amines) is 1. The molecule has 2 atom stereocenters. The standard InChI is InChI=1S/C12H22N2O2/c1-9(2)16-12(15)8-14-6-10-4-3-5-13-11(10)7-14/h9-11,13H,3-8H2,1-2H3/t10-,11+/m0/s1. The molecule has 2 heterocycles. The number of piperidine rings is 1. The fourth-order valence-electron chi connectivity index (χ4n) is 2.75. The third-order valence-corrected chi connectivity index (χ3v) is 3.39. The summed E-state index contributed by atoms with van der Waals surface area (Å²) in [5.41, 5.74) is 0. The summed E-state index contributed by atoms with van der Waals surface area (Å²) in [5, 5.41) is 3.53. The molecule has 2 saturated heterocycles. The maximum absolute atomic E-state index is 11.5. The highest BCUT2D eigenvalue weighted by Crippen LogP contribution is 2.24. The second-order valence-electron chi connectivity index (χ2n) is 5.20. The molecule has 0 aromatic heterocycles. The molecule has 0 aromatic carbocycles.